The number of para-hydroxylation sites is 1. The summed E-state index contributed by atoms with van der Waals surface area (Å²) in [5.41, 5.74) is 2.65. The number of hydrogen-bond acceptors (Lipinski definition) is 2. The van der Waals surface area contributed by atoms with E-state index < -0.39 is 0 Å². The predicted octanol–water partition coefficient (Wildman–Crippen LogP) is 2.27. The lowest BCUT2D eigenvalue weighted by Gasteiger charge is -2.17. The van der Waals surface area contributed by atoms with Gasteiger partial charge in [0, 0.05) is 18.3 Å². The summed E-state index contributed by atoms with van der Waals surface area (Å²) in [7, 11) is 1.98. The van der Waals surface area contributed by atoms with E-state index in [-0.39, 0.29) is 0 Å². The number of nitrogens with one attached hydrogen (secondary N) is 2. The molecule has 0 aliphatic carbocycles. The minimum Gasteiger partial charge on any atom is -0.381 e. The third-order valence-corrected chi connectivity index (χ3v) is 2.31. The number of likely N-dealkylation sites (N-methyl/N-ethyl adjacent to an activating group) is 1. The van der Waals surface area contributed by atoms with Gasteiger partial charge in [-0.1, -0.05) is 25.1 Å². The SMILES string of the molecule is CCc1ccccc1NC(C)CNC. The van der Waals surface area contributed by atoms with Crippen LogP contribution in [0, 0.1) is 0 Å². The van der Waals surface area contributed by atoms with Crippen LogP contribution in [0.25, 0.3) is 0 Å². The van der Waals surface area contributed by atoms with Gasteiger partial charge in [-0.05, 0) is 32.0 Å². The highest BCUT2D eigenvalue weighted by Gasteiger charge is 2.03. The summed E-state index contributed by atoms with van der Waals surface area (Å²) in [5, 5.41) is 6.66. The highest BCUT2D eigenvalue weighted by molar-refractivity contribution is 5.51. The van der Waals surface area contributed by atoms with Gasteiger partial charge < -0.3 is 10.6 Å². The summed E-state index contributed by atoms with van der Waals surface area (Å²) in [6, 6.07) is 8.95. The van der Waals surface area contributed by atoms with Crippen molar-refractivity contribution < 1.29 is 0 Å². The molecule has 0 aromatic heterocycles. The zero-order valence-electron chi connectivity index (χ0n) is 9.30. The highest BCUT2D eigenvalue weighted by Crippen LogP contribution is 2.16. The van der Waals surface area contributed by atoms with Crippen molar-refractivity contribution in [3.05, 3.63) is 29.8 Å². The van der Waals surface area contributed by atoms with Gasteiger partial charge in [0.15, 0.2) is 0 Å². The molecule has 1 aromatic rings. The van der Waals surface area contributed by atoms with Gasteiger partial charge in [-0.15, -0.1) is 0 Å². The van der Waals surface area contributed by atoms with Gasteiger partial charge in [-0.25, -0.2) is 0 Å². The molecular formula is C12H20N2. The van der Waals surface area contributed by atoms with Crippen LogP contribution in [0.1, 0.15) is 19.4 Å². The molecule has 0 fully saturated rings. The number of aryl methyl sites for hydroxylation is 1. The molecule has 1 unspecified atom stereocenters. The molecule has 0 aliphatic heterocycles. The van der Waals surface area contributed by atoms with Crippen molar-refractivity contribution >= 4 is 5.69 Å². The van der Waals surface area contributed by atoms with Crippen LogP contribution in [0.3, 0.4) is 0 Å². The Morgan fingerprint density at radius 1 is 1.29 bits per heavy atom. The van der Waals surface area contributed by atoms with Crippen LogP contribution in [0.2, 0.25) is 0 Å². The van der Waals surface area contributed by atoms with E-state index in [1.807, 2.05) is 7.05 Å². The zero-order valence-corrected chi connectivity index (χ0v) is 9.30. The third kappa shape index (κ3) is 3.04. The molecule has 0 bridgehead atoms. The lowest BCUT2D eigenvalue weighted by Crippen LogP contribution is -2.28. The van der Waals surface area contributed by atoms with Crippen molar-refractivity contribution in [2.24, 2.45) is 0 Å². The molecule has 78 valence electrons. The standard InChI is InChI=1S/C12H20N2/c1-4-11-7-5-6-8-12(11)14-10(2)9-13-3/h5-8,10,13-14H,4,9H2,1-3H3. The van der Waals surface area contributed by atoms with Crippen LogP contribution >= 0.6 is 0 Å². The average Bonchev–Trinajstić information content (AvgIpc) is 2.19. The first-order valence-electron chi connectivity index (χ1n) is 5.27. The van der Waals surface area contributed by atoms with Gasteiger partial charge in [0.1, 0.15) is 0 Å². The molecule has 2 N–H and O–H groups in total. The van der Waals surface area contributed by atoms with Crippen molar-refractivity contribution in [1.82, 2.24) is 5.32 Å². The van der Waals surface area contributed by atoms with Crippen LogP contribution in [0.5, 0.6) is 0 Å². The number of hydrogen-bond donors (Lipinski definition) is 2. The molecule has 1 aromatic carbocycles. The van der Waals surface area contributed by atoms with Crippen LogP contribution in [0.15, 0.2) is 24.3 Å². The normalized spacial score (nSPS) is 12.5. The summed E-state index contributed by atoms with van der Waals surface area (Å²) in [4.78, 5) is 0. The Hall–Kier alpha value is -1.02. The summed E-state index contributed by atoms with van der Waals surface area (Å²) >= 11 is 0. The number of benzene rings is 1. The van der Waals surface area contributed by atoms with E-state index in [4.69, 9.17) is 0 Å². The first-order valence-corrected chi connectivity index (χ1v) is 5.27. The van der Waals surface area contributed by atoms with E-state index in [1.54, 1.807) is 0 Å². The van der Waals surface area contributed by atoms with Gasteiger partial charge >= 0.3 is 0 Å². The highest BCUT2D eigenvalue weighted by atomic mass is 15.0. The molecule has 0 heterocycles. The van der Waals surface area contributed by atoms with Gasteiger partial charge in [0.2, 0.25) is 0 Å². The van der Waals surface area contributed by atoms with Crippen LogP contribution in [-0.2, 0) is 6.42 Å². The van der Waals surface area contributed by atoms with Crippen molar-refractivity contribution in [3.63, 3.8) is 0 Å². The topological polar surface area (TPSA) is 24.1 Å². The minimum absolute atomic E-state index is 0.465. The first-order chi connectivity index (χ1) is 6.77. The maximum absolute atomic E-state index is 3.50. The molecule has 0 spiro atoms. The molecule has 0 saturated heterocycles. The Labute approximate surface area is 86.7 Å². The maximum atomic E-state index is 3.50. The maximum Gasteiger partial charge on any atom is 0.0375 e. The van der Waals surface area contributed by atoms with E-state index in [0.29, 0.717) is 6.04 Å². The van der Waals surface area contributed by atoms with E-state index in [0.717, 1.165) is 13.0 Å². The smallest absolute Gasteiger partial charge is 0.0375 e. The predicted molar refractivity (Wildman–Crippen MR) is 62.8 cm³/mol. The lowest BCUT2D eigenvalue weighted by molar-refractivity contribution is 0.700. The molecule has 0 aliphatic rings. The Morgan fingerprint density at radius 3 is 2.64 bits per heavy atom. The second-order valence-corrected chi connectivity index (χ2v) is 3.61. The molecular weight excluding hydrogens is 172 g/mol. The van der Waals surface area contributed by atoms with E-state index in [2.05, 4.69) is 48.7 Å². The third-order valence-electron chi connectivity index (χ3n) is 2.31. The van der Waals surface area contributed by atoms with E-state index in [9.17, 15) is 0 Å². The molecule has 2 nitrogen and oxygen atoms in total. The largest absolute Gasteiger partial charge is 0.381 e. The van der Waals surface area contributed by atoms with Crippen LogP contribution < -0.4 is 10.6 Å². The molecule has 0 amide bonds. The van der Waals surface area contributed by atoms with Crippen molar-refractivity contribution in [1.29, 1.82) is 0 Å². The van der Waals surface area contributed by atoms with Crippen molar-refractivity contribution in [2.45, 2.75) is 26.3 Å². The summed E-state index contributed by atoms with van der Waals surface area (Å²) < 4.78 is 0. The van der Waals surface area contributed by atoms with E-state index >= 15 is 0 Å². The van der Waals surface area contributed by atoms with Gasteiger partial charge in [0.05, 0.1) is 0 Å². The molecule has 0 saturated carbocycles. The first kappa shape index (κ1) is 11.1. The Kier molecular flexibility index (Phi) is 4.47. The Balaban J connectivity index is 2.65. The number of rotatable bonds is 5. The van der Waals surface area contributed by atoms with Crippen molar-refractivity contribution in [3.8, 4) is 0 Å². The summed E-state index contributed by atoms with van der Waals surface area (Å²) in [5.74, 6) is 0. The van der Waals surface area contributed by atoms with Crippen LogP contribution in [-0.4, -0.2) is 19.6 Å². The quantitative estimate of drug-likeness (QED) is 0.748. The van der Waals surface area contributed by atoms with Gasteiger partial charge in [-0.3, -0.25) is 0 Å². The fraction of sp³-hybridized carbons (Fsp3) is 0.500. The monoisotopic (exact) mass is 192 g/mol. The lowest BCUT2D eigenvalue weighted by atomic mass is 10.1. The average molecular weight is 192 g/mol. The number of anilines is 1. The van der Waals surface area contributed by atoms with Crippen molar-refractivity contribution in [2.75, 3.05) is 18.9 Å². The van der Waals surface area contributed by atoms with Crippen LogP contribution in [0.4, 0.5) is 5.69 Å². The van der Waals surface area contributed by atoms with E-state index in [1.165, 1.54) is 11.3 Å². The van der Waals surface area contributed by atoms with Gasteiger partial charge in [-0.2, -0.15) is 0 Å². The summed E-state index contributed by atoms with van der Waals surface area (Å²) in [6.45, 7) is 5.35. The molecule has 1 rings (SSSR count). The molecule has 1 atom stereocenters. The fourth-order valence-corrected chi connectivity index (χ4v) is 1.59. The Bertz CT molecular complexity index is 271. The second-order valence-electron chi connectivity index (χ2n) is 3.61. The summed E-state index contributed by atoms with van der Waals surface area (Å²) in [6.07, 6.45) is 1.08. The van der Waals surface area contributed by atoms with Gasteiger partial charge in [0.25, 0.3) is 0 Å². The Morgan fingerprint density at radius 2 is 2.00 bits per heavy atom. The zero-order chi connectivity index (χ0) is 10.4. The fourth-order valence-electron chi connectivity index (χ4n) is 1.59. The molecule has 2 heteroatoms. The minimum atomic E-state index is 0.465. The molecule has 0 radical (unpaired) electrons. The molecule has 14 heavy (non-hydrogen) atoms. The second kappa shape index (κ2) is 5.66.